The fourth-order valence-electron chi connectivity index (χ4n) is 2.91. The van der Waals surface area contributed by atoms with Crippen molar-refractivity contribution < 1.29 is 17.6 Å². The average Bonchev–Trinajstić information content (AvgIpc) is 3.30. The van der Waals surface area contributed by atoms with Gasteiger partial charge in [0.15, 0.2) is 17.9 Å². The highest BCUT2D eigenvalue weighted by Crippen LogP contribution is 2.27. The lowest BCUT2D eigenvalue weighted by Gasteiger charge is -2.13. The van der Waals surface area contributed by atoms with Gasteiger partial charge >= 0.3 is 0 Å². The van der Waals surface area contributed by atoms with E-state index in [1.54, 1.807) is 31.2 Å². The number of nitrogens with one attached hydrogen (secondary N) is 1. The second kappa shape index (κ2) is 8.33. The number of halogens is 1. The summed E-state index contributed by atoms with van der Waals surface area (Å²) in [7, 11) is -3.96. The molecule has 4 rings (SSSR count). The second-order valence-corrected chi connectivity index (χ2v) is 8.82. The van der Waals surface area contributed by atoms with Crippen LogP contribution in [0.4, 0.5) is 5.69 Å². The monoisotopic (exact) mass is 453 g/mol. The van der Waals surface area contributed by atoms with Crippen LogP contribution in [0.5, 0.6) is 0 Å². The largest absolute Gasteiger partial charge is 0.444 e. The van der Waals surface area contributed by atoms with Crippen molar-refractivity contribution in [1.29, 1.82) is 0 Å². The van der Waals surface area contributed by atoms with Gasteiger partial charge in [-0.2, -0.15) is 0 Å². The number of ketones is 1. The van der Waals surface area contributed by atoms with Crippen LogP contribution in [0.2, 0.25) is 5.02 Å². The van der Waals surface area contributed by atoms with Gasteiger partial charge in [-0.1, -0.05) is 11.6 Å². The van der Waals surface area contributed by atoms with E-state index in [1.165, 1.54) is 49.1 Å². The summed E-state index contributed by atoms with van der Waals surface area (Å²) in [5, 5.41) is 0.308. The van der Waals surface area contributed by atoms with Crippen LogP contribution >= 0.6 is 11.6 Å². The summed E-state index contributed by atoms with van der Waals surface area (Å²) in [6.45, 7) is 1.81. The molecule has 2 heterocycles. The molecule has 0 saturated carbocycles. The molecule has 4 aromatic rings. The van der Waals surface area contributed by atoms with E-state index < -0.39 is 15.8 Å². The van der Waals surface area contributed by atoms with Crippen molar-refractivity contribution in [3.63, 3.8) is 0 Å². The summed E-state index contributed by atoms with van der Waals surface area (Å²) in [5.74, 6) is 0.127. The quantitative estimate of drug-likeness (QED) is 0.423. The lowest BCUT2D eigenvalue weighted by atomic mass is 10.0. The van der Waals surface area contributed by atoms with Crippen molar-refractivity contribution >= 4 is 33.1 Å². The van der Waals surface area contributed by atoms with Gasteiger partial charge in [0.25, 0.3) is 10.0 Å². The fraction of sp³-hybridized carbons (Fsp3) is 0.0455. The zero-order chi connectivity index (χ0) is 22.0. The van der Waals surface area contributed by atoms with Crippen molar-refractivity contribution in [2.24, 2.45) is 0 Å². The van der Waals surface area contributed by atoms with E-state index >= 15 is 0 Å². The van der Waals surface area contributed by atoms with E-state index in [-0.39, 0.29) is 16.1 Å². The molecule has 31 heavy (non-hydrogen) atoms. The zero-order valence-corrected chi connectivity index (χ0v) is 17.8. The van der Waals surface area contributed by atoms with Crippen LogP contribution in [0.3, 0.4) is 0 Å². The highest BCUT2D eigenvalue weighted by molar-refractivity contribution is 7.92. The van der Waals surface area contributed by atoms with Crippen LogP contribution < -0.4 is 4.72 Å². The van der Waals surface area contributed by atoms with Crippen molar-refractivity contribution in [3.05, 3.63) is 95.2 Å². The molecule has 0 aliphatic rings. The van der Waals surface area contributed by atoms with Gasteiger partial charge in [-0.3, -0.25) is 14.5 Å². The number of aryl methyl sites for hydroxylation is 1. The van der Waals surface area contributed by atoms with Crippen LogP contribution in [0, 0.1) is 6.92 Å². The molecule has 2 aromatic carbocycles. The number of rotatable bonds is 6. The molecular weight excluding hydrogens is 438 g/mol. The highest BCUT2D eigenvalue weighted by atomic mass is 35.5. The maximum Gasteiger partial charge on any atom is 0.261 e. The van der Waals surface area contributed by atoms with Gasteiger partial charge in [0, 0.05) is 33.6 Å². The third-order valence-corrected chi connectivity index (χ3v) is 6.14. The number of sulfonamides is 1. The van der Waals surface area contributed by atoms with Gasteiger partial charge in [0.1, 0.15) is 0 Å². The van der Waals surface area contributed by atoms with E-state index in [0.29, 0.717) is 21.9 Å². The standard InChI is InChI=1S/C22H16ClN3O4S/c1-14-2-3-16(11-25-14)22(27)19-10-17(23)6-9-20(19)26-31(28,29)18-7-4-15(5-8-18)21-12-24-13-30-21/h2-13,26H,1H3. The molecule has 0 bridgehead atoms. The number of oxazole rings is 1. The summed E-state index contributed by atoms with van der Waals surface area (Å²) in [4.78, 5) is 21.0. The van der Waals surface area contributed by atoms with Crippen LogP contribution in [0.1, 0.15) is 21.6 Å². The Bertz CT molecular complexity index is 1330. The van der Waals surface area contributed by atoms with Gasteiger partial charge < -0.3 is 4.42 Å². The molecule has 0 radical (unpaired) electrons. The summed E-state index contributed by atoms with van der Waals surface area (Å²) >= 11 is 6.07. The van der Waals surface area contributed by atoms with Crippen LogP contribution in [-0.4, -0.2) is 24.2 Å². The fourth-order valence-corrected chi connectivity index (χ4v) is 4.16. The van der Waals surface area contributed by atoms with Gasteiger partial charge in [-0.05, 0) is 61.5 Å². The molecule has 0 amide bonds. The molecule has 0 unspecified atom stereocenters. The van der Waals surface area contributed by atoms with Gasteiger partial charge in [0.05, 0.1) is 16.8 Å². The van der Waals surface area contributed by atoms with E-state index in [4.69, 9.17) is 16.0 Å². The minimum absolute atomic E-state index is 0.0288. The van der Waals surface area contributed by atoms with E-state index in [1.807, 2.05) is 0 Å². The van der Waals surface area contributed by atoms with Crippen LogP contribution in [0.25, 0.3) is 11.3 Å². The van der Waals surface area contributed by atoms with Crippen molar-refractivity contribution in [3.8, 4) is 11.3 Å². The summed E-state index contributed by atoms with van der Waals surface area (Å²) in [5.41, 5.74) is 2.02. The minimum Gasteiger partial charge on any atom is -0.444 e. The molecule has 156 valence electrons. The molecule has 2 aromatic heterocycles. The van der Waals surface area contributed by atoms with Crippen LogP contribution in [-0.2, 0) is 10.0 Å². The van der Waals surface area contributed by atoms with Gasteiger partial charge in [0.2, 0.25) is 0 Å². The highest BCUT2D eigenvalue weighted by Gasteiger charge is 2.20. The Morgan fingerprint density at radius 1 is 1.03 bits per heavy atom. The Morgan fingerprint density at radius 3 is 2.45 bits per heavy atom. The molecule has 1 N–H and O–H groups in total. The molecular formula is C22H16ClN3O4S. The first-order valence-electron chi connectivity index (χ1n) is 9.12. The number of hydrogen-bond donors (Lipinski definition) is 1. The lowest BCUT2D eigenvalue weighted by molar-refractivity contribution is 0.103. The number of anilines is 1. The van der Waals surface area contributed by atoms with Gasteiger partial charge in [-0.25, -0.2) is 13.4 Å². The Morgan fingerprint density at radius 2 is 1.81 bits per heavy atom. The molecule has 0 fully saturated rings. The molecule has 9 heteroatoms. The van der Waals surface area contributed by atoms with Crippen molar-refractivity contribution in [1.82, 2.24) is 9.97 Å². The lowest BCUT2D eigenvalue weighted by Crippen LogP contribution is -2.16. The number of carbonyl (C=O) groups excluding carboxylic acids is 1. The first-order valence-corrected chi connectivity index (χ1v) is 11.0. The molecule has 0 aliphatic heterocycles. The summed E-state index contributed by atoms with van der Waals surface area (Å²) < 4.78 is 33.6. The van der Waals surface area contributed by atoms with E-state index in [9.17, 15) is 13.2 Å². The second-order valence-electron chi connectivity index (χ2n) is 6.70. The van der Waals surface area contributed by atoms with Crippen molar-refractivity contribution in [2.45, 2.75) is 11.8 Å². The average molecular weight is 454 g/mol. The number of nitrogens with zero attached hydrogens (tertiary/aromatic N) is 2. The molecule has 7 nitrogen and oxygen atoms in total. The van der Waals surface area contributed by atoms with Gasteiger partial charge in [-0.15, -0.1) is 0 Å². The Balaban J connectivity index is 1.65. The zero-order valence-electron chi connectivity index (χ0n) is 16.2. The number of carbonyl (C=O) groups is 1. The van der Waals surface area contributed by atoms with Crippen LogP contribution in [0.15, 0.2) is 82.7 Å². The molecule has 0 atom stereocenters. The maximum absolute atomic E-state index is 13.0. The Labute approximate surface area is 183 Å². The summed E-state index contributed by atoms with van der Waals surface area (Å²) in [6.07, 6.45) is 4.27. The minimum atomic E-state index is -3.96. The number of benzene rings is 2. The number of hydrogen-bond acceptors (Lipinski definition) is 6. The number of pyridine rings is 1. The first-order chi connectivity index (χ1) is 14.8. The topological polar surface area (TPSA) is 102 Å². The molecule has 0 spiro atoms. The van der Waals surface area contributed by atoms with Crippen molar-refractivity contribution in [2.75, 3.05) is 4.72 Å². The Kier molecular flexibility index (Phi) is 5.58. The third kappa shape index (κ3) is 4.50. The maximum atomic E-state index is 13.0. The van der Waals surface area contributed by atoms with E-state index in [2.05, 4.69) is 14.7 Å². The van der Waals surface area contributed by atoms with E-state index in [0.717, 1.165) is 5.69 Å². The first kappa shape index (κ1) is 20.8. The summed E-state index contributed by atoms with van der Waals surface area (Å²) in [6, 6.07) is 13.8. The smallest absolute Gasteiger partial charge is 0.261 e. The predicted molar refractivity (Wildman–Crippen MR) is 117 cm³/mol. The number of aromatic nitrogens is 2. The Hall–Kier alpha value is -3.49. The third-order valence-electron chi connectivity index (χ3n) is 4.53. The SMILES string of the molecule is Cc1ccc(C(=O)c2cc(Cl)ccc2NS(=O)(=O)c2ccc(-c3cnco3)cc2)cn1. The predicted octanol–water partition coefficient (Wildman–Crippen LogP) is 4.73. The molecule has 0 aliphatic carbocycles. The molecule has 0 saturated heterocycles. The normalized spacial score (nSPS) is 11.3.